The first-order valence-corrected chi connectivity index (χ1v) is 6.10. The van der Waals surface area contributed by atoms with Crippen molar-refractivity contribution in [2.75, 3.05) is 5.32 Å². The number of hydrogen-bond acceptors (Lipinski definition) is 2. The van der Waals surface area contributed by atoms with E-state index in [1.807, 2.05) is 31.2 Å². The van der Waals surface area contributed by atoms with Crippen LogP contribution in [0.15, 0.2) is 48.5 Å². The highest BCUT2D eigenvalue weighted by molar-refractivity contribution is 6.04. The van der Waals surface area contributed by atoms with Crippen LogP contribution in [0.2, 0.25) is 0 Å². The maximum absolute atomic E-state index is 12.0. The lowest BCUT2D eigenvalue weighted by molar-refractivity contribution is 0.102. The minimum atomic E-state index is -0.126. The summed E-state index contributed by atoms with van der Waals surface area (Å²) in [5, 5.41) is 10.3. The first-order chi connectivity index (χ1) is 9.06. The summed E-state index contributed by atoms with van der Waals surface area (Å²) in [6.07, 6.45) is 0. The lowest BCUT2D eigenvalue weighted by Crippen LogP contribution is -2.11. The summed E-state index contributed by atoms with van der Waals surface area (Å²) in [5.41, 5.74) is 3.86. The molecular formula is C16H16N2O. The molecule has 1 amide bonds. The molecule has 0 bridgehead atoms. The third-order valence-corrected chi connectivity index (χ3v) is 2.89. The molecule has 0 fully saturated rings. The van der Waals surface area contributed by atoms with Crippen molar-refractivity contribution in [3.8, 4) is 0 Å². The van der Waals surface area contributed by atoms with Gasteiger partial charge in [0.1, 0.15) is 0 Å². The number of rotatable bonds is 3. The van der Waals surface area contributed by atoms with Gasteiger partial charge in [0.25, 0.3) is 5.91 Å². The van der Waals surface area contributed by atoms with Crippen LogP contribution in [0, 0.1) is 12.3 Å². The number of nitrogens with one attached hydrogen (secondary N) is 2. The Labute approximate surface area is 112 Å². The molecule has 0 saturated heterocycles. The van der Waals surface area contributed by atoms with E-state index in [4.69, 9.17) is 5.41 Å². The van der Waals surface area contributed by atoms with Gasteiger partial charge in [-0.15, -0.1) is 0 Å². The Morgan fingerprint density at radius 2 is 1.47 bits per heavy atom. The number of amides is 1. The summed E-state index contributed by atoms with van der Waals surface area (Å²) >= 11 is 0. The van der Waals surface area contributed by atoms with Crippen LogP contribution < -0.4 is 5.32 Å². The summed E-state index contributed by atoms with van der Waals surface area (Å²) in [7, 11) is 0. The highest BCUT2D eigenvalue weighted by atomic mass is 16.1. The van der Waals surface area contributed by atoms with Gasteiger partial charge in [-0.3, -0.25) is 4.79 Å². The van der Waals surface area contributed by atoms with E-state index < -0.39 is 0 Å². The predicted molar refractivity (Wildman–Crippen MR) is 78.1 cm³/mol. The van der Waals surface area contributed by atoms with E-state index in [1.165, 1.54) is 0 Å². The molecule has 3 heteroatoms. The fourth-order valence-electron chi connectivity index (χ4n) is 1.71. The normalized spacial score (nSPS) is 10.0. The van der Waals surface area contributed by atoms with Gasteiger partial charge in [-0.2, -0.15) is 0 Å². The van der Waals surface area contributed by atoms with Crippen LogP contribution in [0.1, 0.15) is 28.4 Å². The standard InChI is InChI=1S/C16H16N2O/c1-11-3-5-14(6-4-11)16(19)18-15-9-7-13(8-10-15)12(2)17/h3-10,17H,1-2H3,(H,18,19). The minimum Gasteiger partial charge on any atom is -0.322 e. The highest BCUT2D eigenvalue weighted by Gasteiger charge is 2.05. The Hall–Kier alpha value is -2.42. The van der Waals surface area contributed by atoms with Gasteiger partial charge in [-0.25, -0.2) is 0 Å². The van der Waals surface area contributed by atoms with Crippen molar-refractivity contribution in [3.63, 3.8) is 0 Å². The van der Waals surface area contributed by atoms with E-state index in [9.17, 15) is 4.79 Å². The van der Waals surface area contributed by atoms with Gasteiger partial charge in [0.15, 0.2) is 0 Å². The molecule has 3 nitrogen and oxygen atoms in total. The zero-order chi connectivity index (χ0) is 13.8. The van der Waals surface area contributed by atoms with Crippen LogP contribution in [0.3, 0.4) is 0 Å². The van der Waals surface area contributed by atoms with Crippen molar-refractivity contribution >= 4 is 17.3 Å². The van der Waals surface area contributed by atoms with E-state index in [0.29, 0.717) is 11.3 Å². The minimum absolute atomic E-state index is 0.126. The largest absolute Gasteiger partial charge is 0.322 e. The molecule has 0 aromatic heterocycles. The summed E-state index contributed by atoms with van der Waals surface area (Å²) < 4.78 is 0. The third kappa shape index (κ3) is 3.28. The summed E-state index contributed by atoms with van der Waals surface area (Å²) in [6.45, 7) is 3.72. The van der Waals surface area contributed by atoms with Crippen molar-refractivity contribution in [1.82, 2.24) is 0 Å². The third-order valence-electron chi connectivity index (χ3n) is 2.89. The Kier molecular flexibility index (Phi) is 3.76. The SMILES string of the molecule is CC(=N)c1ccc(NC(=O)c2ccc(C)cc2)cc1. The Morgan fingerprint density at radius 3 is 2.00 bits per heavy atom. The van der Waals surface area contributed by atoms with Crippen molar-refractivity contribution in [1.29, 1.82) is 5.41 Å². The molecule has 2 aromatic carbocycles. The molecular weight excluding hydrogens is 236 g/mol. The quantitative estimate of drug-likeness (QED) is 0.805. The molecule has 0 saturated carbocycles. The average molecular weight is 252 g/mol. The molecule has 96 valence electrons. The average Bonchev–Trinajstić information content (AvgIpc) is 2.40. The van der Waals surface area contributed by atoms with E-state index in [-0.39, 0.29) is 5.91 Å². The zero-order valence-electron chi connectivity index (χ0n) is 11.0. The van der Waals surface area contributed by atoms with Gasteiger partial charge < -0.3 is 10.7 Å². The van der Waals surface area contributed by atoms with Crippen LogP contribution in [-0.4, -0.2) is 11.6 Å². The molecule has 0 heterocycles. The van der Waals surface area contributed by atoms with Crippen LogP contribution in [0.4, 0.5) is 5.69 Å². The maximum Gasteiger partial charge on any atom is 0.255 e. The van der Waals surface area contributed by atoms with Crippen LogP contribution in [0.25, 0.3) is 0 Å². The molecule has 0 spiro atoms. The Balaban J connectivity index is 2.10. The fourth-order valence-corrected chi connectivity index (χ4v) is 1.71. The van der Waals surface area contributed by atoms with E-state index in [1.54, 1.807) is 31.2 Å². The lowest BCUT2D eigenvalue weighted by Gasteiger charge is -2.06. The molecule has 0 atom stereocenters. The summed E-state index contributed by atoms with van der Waals surface area (Å²) in [5.74, 6) is -0.126. The molecule has 0 unspecified atom stereocenters. The van der Waals surface area contributed by atoms with Gasteiger partial charge in [0.05, 0.1) is 0 Å². The molecule has 0 aliphatic rings. The van der Waals surface area contributed by atoms with Crippen molar-refractivity contribution in [2.45, 2.75) is 13.8 Å². The van der Waals surface area contributed by atoms with Gasteiger partial charge in [-0.1, -0.05) is 29.8 Å². The van der Waals surface area contributed by atoms with Gasteiger partial charge >= 0.3 is 0 Å². The molecule has 0 aliphatic heterocycles. The molecule has 2 N–H and O–H groups in total. The van der Waals surface area contributed by atoms with Crippen LogP contribution >= 0.6 is 0 Å². The Morgan fingerprint density at radius 1 is 0.947 bits per heavy atom. The lowest BCUT2D eigenvalue weighted by atomic mass is 10.1. The highest BCUT2D eigenvalue weighted by Crippen LogP contribution is 2.12. The number of carbonyl (C=O) groups is 1. The summed E-state index contributed by atoms with van der Waals surface area (Å²) in [6, 6.07) is 14.7. The summed E-state index contributed by atoms with van der Waals surface area (Å²) in [4.78, 5) is 12.0. The van der Waals surface area contributed by atoms with Gasteiger partial charge in [0, 0.05) is 17.0 Å². The number of aryl methyl sites for hydroxylation is 1. The number of anilines is 1. The molecule has 0 aliphatic carbocycles. The second-order valence-corrected chi connectivity index (χ2v) is 4.52. The van der Waals surface area contributed by atoms with Crippen molar-refractivity contribution in [3.05, 3.63) is 65.2 Å². The van der Waals surface area contributed by atoms with Crippen molar-refractivity contribution in [2.24, 2.45) is 0 Å². The van der Waals surface area contributed by atoms with Crippen LogP contribution in [-0.2, 0) is 0 Å². The second kappa shape index (κ2) is 5.48. The number of hydrogen-bond donors (Lipinski definition) is 2. The molecule has 0 radical (unpaired) electrons. The Bertz CT molecular complexity index is 598. The molecule has 2 rings (SSSR count). The maximum atomic E-state index is 12.0. The number of carbonyl (C=O) groups excluding carboxylic acids is 1. The van der Waals surface area contributed by atoms with Gasteiger partial charge in [-0.05, 0) is 43.7 Å². The second-order valence-electron chi connectivity index (χ2n) is 4.52. The van der Waals surface area contributed by atoms with E-state index in [2.05, 4.69) is 5.32 Å². The number of benzene rings is 2. The fraction of sp³-hybridized carbons (Fsp3) is 0.125. The first-order valence-electron chi connectivity index (χ1n) is 6.10. The van der Waals surface area contributed by atoms with Crippen molar-refractivity contribution < 1.29 is 4.79 Å². The first kappa shape index (κ1) is 13.0. The van der Waals surface area contributed by atoms with Crippen LogP contribution in [0.5, 0.6) is 0 Å². The monoisotopic (exact) mass is 252 g/mol. The van der Waals surface area contributed by atoms with Gasteiger partial charge in [0.2, 0.25) is 0 Å². The smallest absolute Gasteiger partial charge is 0.255 e. The zero-order valence-corrected chi connectivity index (χ0v) is 11.0. The molecule has 2 aromatic rings. The van der Waals surface area contributed by atoms with E-state index >= 15 is 0 Å². The topological polar surface area (TPSA) is 53.0 Å². The predicted octanol–water partition coefficient (Wildman–Crippen LogP) is 3.64. The van der Waals surface area contributed by atoms with E-state index in [0.717, 1.165) is 16.8 Å². The molecule has 19 heavy (non-hydrogen) atoms.